The van der Waals surface area contributed by atoms with E-state index in [1.54, 1.807) is 18.3 Å². The first-order chi connectivity index (χ1) is 11.3. The smallest absolute Gasteiger partial charge is 0.342 e. The van der Waals surface area contributed by atoms with Gasteiger partial charge < -0.3 is 9.88 Å². The van der Waals surface area contributed by atoms with Gasteiger partial charge in [-0.1, -0.05) is 6.07 Å². The fourth-order valence-electron chi connectivity index (χ4n) is 2.38. The topological polar surface area (TPSA) is 75.6 Å². The normalized spacial score (nSPS) is 11.9. The molecule has 2 N–H and O–H groups in total. The second kappa shape index (κ2) is 5.66. The second-order valence-corrected chi connectivity index (χ2v) is 5.38. The summed E-state index contributed by atoms with van der Waals surface area (Å²) in [6, 6.07) is 5.26. The average Bonchev–Trinajstić information content (AvgIpc) is 3.08. The van der Waals surface area contributed by atoms with Crippen molar-refractivity contribution in [1.29, 1.82) is 0 Å². The zero-order chi connectivity index (χ0) is 17.5. The van der Waals surface area contributed by atoms with Gasteiger partial charge in [0.15, 0.2) is 5.69 Å². The molecule has 0 fully saturated rings. The molecule has 0 saturated carbocycles. The van der Waals surface area contributed by atoms with Gasteiger partial charge >= 0.3 is 6.18 Å². The van der Waals surface area contributed by atoms with E-state index in [2.05, 4.69) is 15.2 Å². The zero-order valence-electron chi connectivity index (χ0n) is 12.9. The van der Waals surface area contributed by atoms with Gasteiger partial charge in [0.1, 0.15) is 12.4 Å². The van der Waals surface area contributed by atoms with E-state index in [0.29, 0.717) is 10.9 Å². The van der Waals surface area contributed by atoms with Crippen LogP contribution in [0.2, 0.25) is 0 Å². The van der Waals surface area contributed by atoms with Crippen molar-refractivity contribution < 1.29 is 18.0 Å². The first kappa shape index (κ1) is 16.0. The van der Waals surface area contributed by atoms with Gasteiger partial charge in [-0.25, -0.2) is 4.98 Å². The van der Waals surface area contributed by atoms with Crippen molar-refractivity contribution in [1.82, 2.24) is 25.1 Å². The average molecular weight is 337 g/mol. The highest BCUT2D eigenvalue weighted by Crippen LogP contribution is 2.25. The van der Waals surface area contributed by atoms with E-state index in [9.17, 15) is 18.0 Å². The van der Waals surface area contributed by atoms with Crippen LogP contribution in [0.4, 0.5) is 13.2 Å². The Morgan fingerprint density at radius 2 is 2.12 bits per heavy atom. The number of hydrogen-bond donors (Lipinski definition) is 2. The molecule has 0 aliphatic heterocycles. The molecule has 0 spiro atoms. The summed E-state index contributed by atoms with van der Waals surface area (Å²) in [6.07, 6.45) is -2.78. The predicted octanol–water partition coefficient (Wildman–Crippen LogP) is 2.56. The maximum absolute atomic E-state index is 12.3. The molecule has 24 heavy (non-hydrogen) atoms. The minimum atomic E-state index is -4.47. The molecule has 0 bridgehead atoms. The molecule has 0 saturated heterocycles. The fourth-order valence-corrected chi connectivity index (χ4v) is 2.38. The SMILES string of the molecule is Cc1ncc(-c2ccc3[nH]nc(C(=O)NCC(F)(F)F)c3c2)n1C. The number of carbonyl (C=O) groups is 1. The molecule has 3 rings (SSSR count). The molecule has 1 aromatic carbocycles. The number of aromatic amines is 1. The largest absolute Gasteiger partial charge is 0.405 e. The number of alkyl halides is 3. The van der Waals surface area contributed by atoms with Crippen molar-refractivity contribution in [3.05, 3.63) is 35.9 Å². The van der Waals surface area contributed by atoms with Crippen LogP contribution in [0.1, 0.15) is 16.3 Å². The standard InChI is InChI=1S/C15H14F3N5O/c1-8-19-6-12(23(8)2)9-3-4-11-10(5-9)13(22-21-11)14(24)20-7-15(16,17)18/h3-6H,7H2,1-2H3,(H,20,24)(H,21,22). The lowest BCUT2D eigenvalue weighted by Gasteiger charge is -2.07. The molecule has 0 radical (unpaired) electrons. The first-order valence-corrected chi connectivity index (χ1v) is 7.08. The van der Waals surface area contributed by atoms with Gasteiger partial charge in [0, 0.05) is 18.0 Å². The summed E-state index contributed by atoms with van der Waals surface area (Å²) in [5.41, 5.74) is 2.11. The van der Waals surface area contributed by atoms with Gasteiger partial charge in [0.2, 0.25) is 0 Å². The number of aryl methyl sites for hydroxylation is 1. The number of carbonyl (C=O) groups excluding carboxylic acids is 1. The highest BCUT2D eigenvalue weighted by atomic mass is 19.4. The lowest BCUT2D eigenvalue weighted by molar-refractivity contribution is -0.123. The number of nitrogens with zero attached hydrogens (tertiary/aromatic N) is 3. The van der Waals surface area contributed by atoms with Gasteiger partial charge in [0.05, 0.1) is 17.4 Å². The minimum absolute atomic E-state index is 0.0741. The van der Waals surface area contributed by atoms with Crippen LogP contribution in [0.3, 0.4) is 0 Å². The number of H-pyrrole nitrogens is 1. The molecule has 0 unspecified atom stereocenters. The summed E-state index contributed by atoms with van der Waals surface area (Å²) in [6.45, 7) is 0.455. The third-order valence-corrected chi connectivity index (χ3v) is 3.74. The predicted molar refractivity (Wildman–Crippen MR) is 81.4 cm³/mol. The van der Waals surface area contributed by atoms with E-state index >= 15 is 0 Å². The third kappa shape index (κ3) is 2.97. The Balaban J connectivity index is 1.97. The Bertz CT molecular complexity index is 910. The number of amides is 1. The van der Waals surface area contributed by atoms with Gasteiger partial charge in [-0.15, -0.1) is 0 Å². The zero-order valence-corrected chi connectivity index (χ0v) is 12.9. The Morgan fingerprint density at radius 3 is 2.75 bits per heavy atom. The number of benzene rings is 1. The van der Waals surface area contributed by atoms with Crippen LogP contribution >= 0.6 is 0 Å². The van der Waals surface area contributed by atoms with Gasteiger partial charge in [-0.2, -0.15) is 18.3 Å². The molecule has 2 heterocycles. The van der Waals surface area contributed by atoms with Crippen LogP contribution in [0.25, 0.3) is 22.2 Å². The quantitative estimate of drug-likeness (QED) is 0.771. The number of imidazole rings is 1. The lowest BCUT2D eigenvalue weighted by atomic mass is 10.1. The monoisotopic (exact) mass is 337 g/mol. The van der Waals surface area contributed by atoms with Crippen molar-refractivity contribution >= 4 is 16.8 Å². The number of halogens is 3. The van der Waals surface area contributed by atoms with Gasteiger partial charge in [-0.3, -0.25) is 9.89 Å². The number of fused-ring (bicyclic) bond motifs is 1. The Labute approximate surface area is 134 Å². The van der Waals surface area contributed by atoms with Gasteiger partial charge in [-0.05, 0) is 19.1 Å². The van der Waals surface area contributed by atoms with E-state index in [0.717, 1.165) is 17.1 Å². The molecule has 0 aliphatic carbocycles. The van der Waals surface area contributed by atoms with E-state index in [-0.39, 0.29) is 5.69 Å². The second-order valence-electron chi connectivity index (χ2n) is 5.38. The molecule has 9 heteroatoms. The lowest BCUT2D eigenvalue weighted by Crippen LogP contribution is -2.34. The highest BCUT2D eigenvalue weighted by molar-refractivity contribution is 6.05. The Kier molecular flexibility index (Phi) is 3.78. The van der Waals surface area contributed by atoms with E-state index < -0.39 is 18.6 Å². The van der Waals surface area contributed by atoms with E-state index in [1.165, 1.54) is 0 Å². The van der Waals surface area contributed by atoms with Crippen molar-refractivity contribution in [2.45, 2.75) is 13.1 Å². The Morgan fingerprint density at radius 1 is 1.38 bits per heavy atom. The molecular weight excluding hydrogens is 323 g/mol. The summed E-state index contributed by atoms with van der Waals surface area (Å²) < 4.78 is 38.6. The van der Waals surface area contributed by atoms with Gasteiger partial charge in [0.25, 0.3) is 5.91 Å². The maximum Gasteiger partial charge on any atom is 0.405 e. The minimum Gasteiger partial charge on any atom is -0.342 e. The van der Waals surface area contributed by atoms with Crippen molar-refractivity contribution in [2.24, 2.45) is 7.05 Å². The molecule has 2 aromatic heterocycles. The van der Waals surface area contributed by atoms with E-state index in [4.69, 9.17) is 0 Å². The molecule has 1 amide bonds. The molecule has 126 valence electrons. The molecule has 6 nitrogen and oxygen atoms in total. The van der Waals surface area contributed by atoms with E-state index in [1.807, 2.05) is 29.9 Å². The summed E-state index contributed by atoms with van der Waals surface area (Å²) in [5, 5.41) is 8.76. The van der Waals surface area contributed by atoms with Crippen LogP contribution < -0.4 is 5.32 Å². The van der Waals surface area contributed by atoms with Crippen LogP contribution in [0.15, 0.2) is 24.4 Å². The number of nitrogens with one attached hydrogen (secondary N) is 2. The summed E-state index contributed by atoms with van der Waals surface area (Å²) in [4.78, 5) is 16.2. The van der Waals surface area contributed by atoms with Crippen molar-refractivity contribution in [3.63, 3.8) is 0 Å². The maximum atomic E-state index is 12.3. The molecular formula is C15H14F3N5O. The van der Waals surface area contributed by atoms with Crippen LogP contribution in [-0.4, -0.2) is 38.4 Å². The summed E-state index contributed by atoms with van der Waals surface area (Å²) in [7, 11) is 1.86. The number of aromatic nitrogens is 4. The highest BCUT2D eigenvalue weighted by Gasteiger charge is 2.28. The fraction of sp³-hybridized carbons (Fsp3) is 0.267. The van der Waals surface area contributed by atoms with Crippen LogP contribution in [-0.2, 0) is 7.05 Å². The van der Waals surface area contributed by atoms with Crippen LogP contribution in [0, 0.1) is 6.92 Å². The third-order valence-electron chi connectivity index (χ3n) is 3.74. The van der Waals surface area contributed by atoms with Crippen molar-refractivity contribution in [3.8, 4) is 11.3 Å². The molecule has 3 aromatic rings. The Hall–Kier alpha value is -2.84. The molecule has 0 atom stereocenters. The number of hydrogen-bond acceptors (Lipinski definition) is 3. The van der Waals surface area contributed by atoms with Crippen LogP contribution in [0.5, 0.6) is 0 Å². The number of rotatable bonds is 3. The molecule has 0 aliphatic rings. The first-order valence-electron chi connectivity index (χ1n) is 7.08. The summed E-state index contributed by atoms with van der Waals surface area (Å²) in [5.74, 6) is -0.0580. The van der Waals surface area contributed by atoms with Crippen molar-refractivity contribution in [2.75, 3.05) is 6.54 Å². The summed E-state index contributed by atoms with van der Waals surface area (Å²) >= 11 is 0.